The third kappa shape index (κ3) is 2.73. The first kappa shape index (κ1) is 12.7. The summed E-state index contributed by atoms with van der Waals surface area (Å²) in [6, 6.07) is 4.10. The largest absolute Gasteiger partial charge is 0.317 e. The molecule has 0 unspecified atom stereocenters. The van der Waals surface area contributed by atoms with Crippen LogP contribution >= 0.6 is 0 Å². The topological polar surface area (TPSA) is 55.6 Å². The Morgan fingerprint density at radius 1 is 1.28 bits per heavy atom. The summed E-state index contributed by atoms with van der Waals surface area (Å²) in [5, 5.41) is 11.5. The van der Waals surface area contributed by atoms with Crippen molar-refractivity contribution in [2.45, 2.75) is 33.4 Å². The van der Waals surface area contributed by atoms with E-state index in [2.05, 4.69) is 33.5 Å². The molecule has 0 aliphatic carbocycles. The van der Waals surface area contributed by atoms with Crippen molar-refractivity contribution in [3.05, 3.63) is 41.2 Å². The minimum absolute atomic E-state index is 0.705. The first-order valence-electron chi connectivity index (χ1n) is 6.20. The van der Waals surface area contributed by atoms with Crippen molar-refractivity contribution in [1.29, 1.82) is 0 Å². The second-order valence-electron chi connectivity index (χ2n) is 4.29. The molecular weight excluding hydrogens is 226 g/mol. The highest BCUT2D eigenvalue weighted by molar-refractivity contribution is 5.19. The summed E-state index contributed by atoms with van der Waals surface area (Å²) in [7, 11) is 1.98. The molecule has 0 saturated heterocycles. The minimum atomic E-state index is 0.705. The molecular formula is C13H19N5. The summed E-state index contributed by atoms with van der Waals surface area (Å²) in [6.07, 6.45) is 2.84. The second kappa shape index (κ2) is 5.73. The molecule has 2 aromatic rings. The number of hydrogen-bond donors (Lipinski definition) is 1. The van der Waals surface area contributed by atoms with Gasteiger partial charge in [0.05, 0.1) is 12.2 Å². The molecule has 1 N–H and O–H groups in total. The maximum atomic E-state index is 4.40. The van der Waals surface area contributed by atoms with Gasteiger partial charge in [-0.2, -0.15) is 0 Å². The lowest BCUT2D eigenvalue weighted by Crippen LogP contribution is -2.17. The van der Waals surface area contributed by atoms with E-state index in [0.717, 1.165) is 30.3 Å². The SMILES string of the molecule is CCc1cccnc1CNCc1nnc(C)n1C. The Balaban J connectivity index is 1.94. The summed E-state index contributed by atoms with van der Waals surface area (Å²) in [6.45, 7) is 5.56. The second-order valence-corrected chi connectivity index (χ2v) is 4.29. The molecule has 18 heavy (non-hydrogen) atoms. The number of aryl methyl sites for hydroxylation is 2. The fourth-order valence-electron chi connectivity index (χ4n) is 1.85. The highest BCUT2D eigenvalue weighted by Crippen LogP contribution is 2.06. The van der Waals surface area contributed by atoms with Crippen LogP contribution < -0.4 is 5.32 Å². The fourth-order valence-corrected chi connectivity index (χ4v) is 1.85. The molecule has 0 saturated carbocycles. The van der Waals surface area contributed by atoms with Gasteiger partial charge in [0.15, 0.2) is 0 Å². The van der Waals surface area contributed by atoms with E-state index >= 15 is 0 Å². The normalized spacial score (nSPS) is 10.8. The molecule has 0 aromatic carbocycles. The van der Waals surface area contributed by atoms with Crippen LogP contribution in [0.4, 0.5) is 0 Å². The van der Waals surface area contributed by atoms with Crippen LogP contribution in [0.5, 0.6) is 0 Å². The first-order valence-corrected chi connectivity index (χ1v) is 6.20. The lowest BCUT2D eigenvalue weighted by atomic mass is 10.1. The van der Waals surface area contributed by atoms with Crippen LogP contribution in [0.15, 0.2) is 18.3 Å². The summed E-state index contributed by atoms with van der Waals surface area (Å²) in [5.74, 6) is 1.88. The zero-order chi connectivity index (χ0) is 13.0. The lowest BCUT2D eigenvalue weighted by molar-refractivity contribution is 0.623. The van der Waals surface area contributed by atoms with Gasteiger partial charge < -0.3 is 9.88 Å². The highest BCUT2D eigenvalue weighted by Gasteiger charge is 2.05. The molecule has 96 valence electrons. The van der Waals surface area contributed by atoms with Crippen LogP contribution in [0.3, 0.4) is 0 Å². The Morgan fingerprint density at radius 3 is 2.78 bits per heavy atom. The van der Waals surface area contributed by atoms with E-state index < -0.39 is 0 Å². The van der Waals surface area contributed by atoms with Gasteiger partial charge >= 0.3 is 0 Å². The zero-order valence-corrected chi connectivity index (χ0v) is 11.1. The van der Waals surface area contributed by atoms with Gasteiger partial charge in [0, 0.05) is 19.8 Å². The Morgan fingerprint density at radius 2 is 2.11 bits per heavy atom. The Hall–Kier alpha value is -1.75. The number of aromatic nitrogens is 4. The van der Waals surface area contributed by atoms with Gasteiger partial charge in [-0.05, 0) is 25.0 Å². The third-order valence-corrected chi connectivity index (χ3v) is 3.12. The molecule has 2 rings (SSSR count). The van der Waals surface area contributed by atoms with Gasteiger partial charge in [-0.1, -0.05) is 13.0 Å². The van der Waals surface area contributed by atoms with Crippen LogP contribution in [-0.2, 0) is 26.6 Å². The Bertz CT molecular complexity index is 518. The summed E-state index contributed by atoms with van der Waals surface area (Å²) in [4.78, 5) is 4.40. The first-order chi connectivity index (χ1) is 8.72. The van der Waals surface area contributed by atoms with E-state index in [1.807, 2.05) is 30.8 Å². The van der Waals surface area contributed by atoms with Crippen molar-refractivity contribution in [1.82, 2.24) is 25.1 Å². The molecule has 2 aromatic heterocycles. The van der Waals surface area contributed by atoms with E-state index in [4.69, 9.17) is 0 Å². The van der Waals surface area contributed by atoms with E-state index in [1.54, 1.807) is 0 Å². The van der Waals surface area contributed by atoms with E-state index in [0.29, 0.717) is 6.54 Å². The number of rotatable bonds is 5. The van der Waals surface area contributed by atoms with Gasteiger partial charge in [0.1, 0.15) is 11.6 Å². The predicted octanol–water partition coefficient (Wildman–Crippen LogP) is 1.37. The summed E-state index contributed by atoms with van der Waals surface area (Å²) >= 11 is 0. The maximum absolute atomic E-state index is 4.40. The summed E-state index contributed by atoms with van der Waals surface area (Å²) in [5.41, 5.74) is 2.40. The summed E-state index contributed by atoms with van der Waals surface area (Å²) < 4.78 is 1.99. The lowest BCUT2D eigenvalue weighted by Gasteiger charge is -2.07. The van der Waals surface area contributed by atoms with E-state index in [9.17, 15) is 0 Å². The average molecular weight is 245 g/mol. The van der Waals surface area contributed by atoms with Gasteiger partial charge in [-0.25, -0.2) is 0 Å². The molecule has 2 heterocycles. The van der Waals surface area contributed by atoms with Crippen LogP contribution in [-0.4, -0.2) is 19.7 Å². The molecule has 0 amide bonds. The van der Waals surface area contributed by atoms with Gasteiger partial charge in [0.25, 0.3) is 0 Å². The number of nitrogens with zero attached hydrogens (tertiary/aromatic N) is 4. The van der Waals surface area contributed by atoms with Crippen molar-refractivity contribution < 1.29 is 0 Å². The minimum Gasteiger partial charge on any atom is -0.317 e. The molecule has 0 radical (unpaired) electrons. The average Bonchev–Trinajstić information content (AvgIpc) is 2.71. The number of nitrogens with one attached hydrogen (secondary N) is 1. The Kier molecular flexibility index (Phi) is 4.04. The van der Waals surface area contributed by atoms with Crippen LogP contribution in [0.1, 0.15) is 29.8 Å². The fraction of sp³-hybridized carbons (Fsp3) is 0.462. The molecule has 0 fully saturated rings. The van der Waals surface area contributed by atoms with Gasteiger partial charge in [0.2, 0.25) is 0 Å². The number of pyridine rings is 1. The molecule has 0 spiro atoms. The van der Waals surface area contributed by atoms with E-state index in [1.165, 1.54) is 5.56 Å². The van der Waals surface area contributed by atoms with Crippen molar-refractivity contribution in [2.75, 3.05) is 0 Å². The van der Waals surface area contributed by atoms with Crippen LogP contribution in [0.2, 0.25) is 0 Å². The molecule has 0 atom stereocenters. The van der Waals surface area contributed by atoms with Crippen molar-refractivity contribution in [2.24, 2.45) is 7.05 Å². The van der Waals surface area contributed by atoms with Gasteiger partial charge in [-0.3, -0.25) is 4.98 Å². The van der Waals surface area contributed by atoms with Crippen LogP contribution in [0.25, 0.3) is 0 Å². The standard InChI is InChI=1S/C13H19N5/c1-4-11-6-5-7-15-12(11)8-14-9-13-17-16-10(2)18(13)3/h5-7,14H,4,8-9H2,1-3H3. The molecule has 0 aliphatic rings. The Labute approximate surface area is 107 Å². The quantitative estimate of drug-likeness (QED) is 0.864. The molecule has 0 aliphatic heterocycles. The maximum Gasteiger partial charge on any atom is 0.146 e. The van der Waals surface area contributed by atoms with Crippen molar-refractivity contribution in [3.63, 3.8) is 0 Å². The smallest absolute Gasteiger partial charge is 0.146 e. The highest BCUT2D eigenvalue weighted by atomic mass is 15.3. The third-order valence-electron chi connectivity index (χ3n) is 3.12. The van der Waals surface area contributed by atoms with E-state index in [-0.39, 0.29) is 0 Å². The monoisotopic (exact) mass is 245 g/mol. The van der Waals surface area contributed by atoms with Gasteiger partial charge in [-0.15, -0.1) is 10.2 Å². The molecule has 5 nitrogen and oxygen atoms in total. The van der Waals surface area contributed by atoms with Crippen LogP contribution in [0, 0.1) is 6.92 Å². The van der Waals surface area contributed by atoms with Crippen molar-refractivity contribution >= 4 is 0 Å². The molecule has 5 heteroatoms. The zero-order valence-electron chi connectivity index (χ0n) is 11.1. The molecule has 0 bridgehead atoms. The van der Waals surface area contributed by atoms with Crippen molar-refractivity contribution in [3.8, 4) is 0 Å². The predicted molar refractivity (Wildman–Crippen MR) is 69.9 cm³/mol. The number of hydrogen-bond acceptors (Lipinski definition) is 4.